The van der Waals surface area contributed by atoms with E-state index in [0.29, 0.717) is 6.71 Å². The van der Waals surface area contributed by atoms with Crippen LogP contribution < -0.4 is 16.4 Å². The van der Waals surface area contributed by atoms with Gasteiger partial charge in [-0.15, -0.1) is 0 Å². The number of rotatable bonds is 0. The number of pyridine rings is 1. The molecule has 0 unspecified atom stereocenters. The molecule has 0 N–H and O–H groups in total. The van der Waals surface area contributed by atoms with Crippen LogP contribution in [-0.2, 0) is 0 Å². The highest BCUT2D eigenvalue weighted by Crippen LogP contribution is 2.43. The Morgan fingerprint density at radius 3 is 1.50 bits per heavy atom. The van der Waals surface area contributed by atoms with Gasteiger partial charge in [-0.25, -0.2) is 0 Å². The zero-order valence-corrected chi connectivity index (χ0v) is 13.8. The zero-order valence-electron chi connectivity index (χ0n) is 11.4. The Kier molecular flexibility index (Phi) is 2.30. The van der Waals surface area contributed by atoms with Crippen molar-refractivity contribution in [1.29, 1.82) is 0 Å². The van der Waals surface area contributed by atoms with Crippen LogP contribution in [0.2, 0.25) is 0 Å². The molecule has 0 atom stereocenters. The van der Waals surface area contributed by atoms with Gasteiger partial charge in [-0.1, -0.05) is 47.4 Å². The summed E-state index contributed by atoms with van der Waals surface area (Å²) in [6.45, 7) is 0.397. The summed E-state index contributed by atoms with van der Waals surface area (Å²) in [6, 6.07) is 13.4. The minimum atomic E-state index is 0.397. The normalized spacial score (nSPS) is 15.5. The molecule has 0 spiro atoms. The highest BCUT2D eigenvalue weighted by molar-refractivity contribution is 8.02. The van der Waals surface area contributed by atoms with Crippen LogP contribution in [0.1, 0.15) is 0 Å². The van der Waals surface area contributed by atoms with E-state index < -0.39 is 0 Å². The van der Waals surface area contributed by atoms with E-state index in [0.717, 1.165) is 0 Å². The highest BCUT2D eigenvalue weighted by Gasteiger charge is 2.43. The van der Waals surface area contributed by atoms with E-state index >= 15 is 0 Å². The van der Waals surface area contributed by atoms with Crippen molar-refractivity contribution in [3.05, 3.63) is 48.8 Å². The number of aromatic nitrogens is 1. The largest absolute Gasteiger partial charge is 0.262 e. The van der Waals surface area contributed by atoms with Gasteiger partial charge < -0.3 is 0 Å². The van der Waals surface area contributed by atoms with Gasteiger partial charge in [0.2, 0.25) is 6.71 Å². The summed E-state index contributed by atoms with van der Waals surface area (Å²) in [7, 11) is 0. The maximum absolute atomic E-state index is 4.47. The van der Waals surface area contributed by atoms with Crippen molar-refractivity contribution in [1.82, 2.24) is 4.98 Å². The molecule has 5 heteroatoms. The molecule has 0 radical (unpaired) electrons. The van der Waals surface area contributed by atoms with Gasteiger partial charge in [0.15, 0.2) is 0 Å². The monoisotopic (exact) mass is 333 g/mol. The Morgan fingerprint density at radius 2 is 1.00 bits per heavy atom. The number of hydrogen-bond acceptors (Lipinski definition) is 4. The first kappa shape index (κ1) is 12.2. The van der Waals surface area contributed by atoms with Gasteiger partial charge >= 0.3 is 0 Å². The topological polar surface area (TPSA) is 12.9 Å². The van der Waals surface area contributed by atoms with E-state index in [1.807, 2.05) is 47.7 Å². The third-order valence-electron chi connectivity index (χ3n) is 4.49. The smallest absolute Gasteiger partial charge is 0.250 e. The lowest BCUT2D eigenvalue weighted by atomic mass is 9.36. The molecule has 6 rings (SSSR count). The molecule has 3 aliphatic heterocycles. The van der Waals surface area contributed by atoms with Crippen LogP contribution >= 0.6 is 35.3 Å². The Bertz CT molecular complexity index is 798. The van der Waals surface area contributed by atoms with Crippen molar-refractivity contribution in [3.8, 4) is 0 Å². The molecular formula is C17H8BNS3. The molecule has 0 bridgehead atoms. The quantitative estimate of drug-likeness (QED) is 0.396. The van der Waals surface area contributed by atoms with Crippen molar-refractivity contribution >= 4 is 58.4 Å². The van der Waals surface area contributed by atoms with Crippen molar-refractivity contribution in [2.45, 2.75) is 29.4 Å². The molecule has 0 saturated carbocycles. The predicted octanol–water partition coefficient (Wildman–Crippen LogP) is 2.99. The molecule has 1 nitrogen and oxygen atoms in total. The summed E-state index contributed by atoms with van der Waals surface area (Å²) in [5, 5.41) is 0. The SMILES string of the molecule is c1cc2c3c(c1)Sc1cncc4c1B3c1c(cccc1S4)S2. The Balaban J connectivity index is 1.80. The molecule has 1 aromatic heterocycles. The van der Waals surface area contributed by atoms with E-state index in [2.05, 4.69) is 41.4 Å². The van der Waals surface area contributed by atoms with Gasteiger partial charge in [-0.2, -0.15) is 0 Å². The summed E-state index contributed by atoms with van der Waals surface area (Å²) in [6.07, 6.45) is 4.07. The minimum absolute atomic E-state index is 0.397. The van der Waals surface area contributed by atoms with Crippen LogP contribution in [0, 0.1) is 0 Å². The lowest BCUT2D eigenvalue weighted by molar-refractivity contribution is 1.16. The number of nitrogens with zero attached hydrogens (tertiary/aromatic N) is 1. The average Bonchev–Trinajstić information content (AvgIpc) is 2.55. The average molecular weight is 333 g/mol. The van der Waals surface area contributed by atoms with Crippen LogP contribution in [0.3, 0.4) is 0 Å². The molecule has 22 heavy (non-hydrogen) atoms. The van der Waals surface area contributed by atoms with Gasteiger partial charge in [0.1, 0.15) is 0 Å². The van der Waals surface area contributed by atoms with Gasteiger partial charge in [0.25, 0.3) is 0 Å². The maximum atomic E-state index is 4.47. The Hall–Kier alpha value is -1.30. The first-order valence-corrected chi connectivity index (χ1v) is 9.62. The molecule has 4 heterocycles. The van der Waals surface area contributed by atoms with Crippen molar-refractivity contribution < 1.29 is 0 Å². The lowest BCUT2D eigenvalue weighted by Gasteiger charge is -2.37. The second-order valence-corrected chi connectivity index (χ2v) is 8.88. The second kappa shape index (κ2) is 4.16. The van der Waals surface area contributed by atoms with E-state index in [1.165, 1.54) is 45.8 Å². The van der Waals surface area contributed by atoms with Gasteiger partial charge in [-0.3, -0.25) is 4.98 Å². The summed E-state index contributed by atoms with van der Waals surface area (Å²) in [4.78, 5) is 12.8. The fraction of sp³-hybridized carbons (Fsp3) is 0. The van der Waals surface area contributed by atoms with Crippen LogP contribution in [-0.4, -0.2) is 11.7 Å². The highest BCUT2D eigenvalue weighted by atomic mass is 32.2. The van der Waals surface area contributed by atoms with Crippen molar-refractivity contribution in [2.24, 2.45) is 0 Å². The van der Waals surface area contributed by atoms with E-state index in [-0.39, 0.29) is 0 Å². The van der Waals surface area contributed by atoms with Crippen molar-refractivity contribution in [2.75, 3.05) is 0 Å². The molecule has 0 aliphatic carbocycles. The Labute approximate surface area is 141 Å². The first-order valence-electron chi connectivity index (χ1n) is 7.17. The lowest BCUT2D eigenvalue weighted by Crippen LogP contribution is -2.60. The molecule has 2 aromatic carbocycles. The molecule has 102 valence electrons. The van der Waals surface area contributed by atoms with Gasteiger partial charge in [0.05, 0.1) is 0 Å². The van der Waals surface area contributed by atoms with E-state index in [4.69, 9.17) is 0 Å². The van der Waals surface area contributed by atoms with E-state index in [1.54, 1.807) is 0 Å². The number of hydrogen-bond donors (Lipinski definition) is 0. The minimum Gasteiger partial charge on any atom is -0.262 e. The summed E-state index contributed by atoms with van der Waals surface area (Å²) >= 11 is 5.68. The third-order valence-corrected chi connectivity index (χ3v) is 7.89. The van der Waals surface area contributed by atoms with E-state index in [9.17, 15) is 0 Å². The fourth-order valence-electron chi connectivity index (χ4n) is 3.64. The molecule has 0 saturated heterocycles. The fourth-order valence-corrected chi connectivity index (χ4v) is 7.39. The summed E-state index contributed by atoms with van der Waals surface area (Å²) < 4.78 is 0. The van der Waals surface area contributed by atoms with Crippen molar-refractivity contribution in [3.63, 3.8) is 0 Å². The Morgan fingerprint density at radius 1 is 0.591 bits per heavy atom. The molecular weight excluding hydrogens is 325 g/mol. The predicted molar refractivity (Wildman–Crippen MR) is 94.1 cm³/mol. The van der Waals surface area contributed by atoms with Gasteiger partial charge in [0, 0.05) is 41.8 Å². The third kappa shape index (κ3) is 1.40. The first-order chi connectivity index (χ1) is 10.9. The molecule has 0 amide bonds. The number of benzene rings is 2. The molecule has 3 aliphatic rings. The van der Waals surface area contributed by atoms with Crippen LogP contribution in [0.15, 0.2) is 78.2 Å². The second-order valence-electron chi connectivity index (χ2n) is 5.62. The summed E-state index contributed by atoms with van der Waals surface area (Å²) in [5.41, 5.74) is 4.50. The van der Waals surface area contributed by atoms with Gasteiger partial charge in [-0.05, 0) is 40.7 Å². The van der Waals surface area contributed by atoms with Crippen LogP contribution in [0.4, 0.5) is 0 Å². The maximum Gasteiger partial charge on any atom is 0.250 e. The van der Waals surface area contributed by atoms with Crippen LogP contribution in [0.5, 0.6) is 0 Å². The van der Waals surface area contributed by atoms with Crippen LogP contribution in [0.25, 0.3) is 0 Å². The molecule has 3 aromatic rings. The standard InChI is InChI=1S/C17H8BNS3/c1-3-9-15-11(5-1)21-13-7-19-8-14-17(13)18(15)16-10(20-9)4-2-6-12(16)22-14/h1-8H. The molecule has 0 fully saturated rings. The summed E-state index contributed by atoms with van der Waals surface area (Å²) in [5.74, 6) is 0. The zero-order chi connectivity index (χ0) is 14.3.